The van der Waals surface area contributed by atoms with Crippen molar-refractivity contribution in [1.82, 2.24) is 14.4 Å². The van der Waals surface area contributed by atoms with Gasteiger partial charge in [-0.1, -0.05) is 78.9 Å². The fraction of sp³-hybridized carbons (Fsp3) is 0.154. The topological polar surface area (TPSA) is 50.4 Å². The lowest BCUT2D eigenvalue weighted by Gasteiger charge is -2.10. The summed E-state index contributed by atoms with van der Waals surface area (Å²) in [7, 11) is 0. The summed E-state index contributed by atoms with van der Waals surface area (Å²) in [4.78, 5) is 9.76. The molecule has 0 fully saturated rings. The molecule has 2 aromatic heterocycles. The van der Waals surface area contributed by atoms with E-state index in [9.17, 15) is 5.11 Å². The normalized spacial score (nSPS) is 13.5. The van der Waals surface area contributed by atoms with Crippen LogP contribution in [-0.4, -0.2) is 19.5 Å². The van der Waals surface area contributed by atoms with Crippen molar-refractivity contribution in [2.24, 2.45) is 0 Å². The summed E-state index contributed by atoms with van der Waals surface area (Å²) in [5.41, 5.74) is 6.48. The maximum atomic E-state index is 11.0. The van der Waals surface area contributed by atoms with E-state index >= 15 is 0 Å². The fourth-order valence-corrected chi connectivity index (χ4v) is 3.91. The Morgan fingerprint density at radius 3 is 2.33 bits per heavy atom. The molecule has 1 N–H and O–H groups in total. The van der Waals surface area contributed by atoms with E-state index in [0.29, 0.717) is 18.5 Å². The number of rotatable bonds is 5. The molecule has 0 atom stereocenters. The smallest absolute Gasteiger partial charge is 0.219 e. The second-order valence-corrected chi connectivity index (χ2v) is 7.61. The molecular weight excluding hydrogens is 370 g/mol. The van der Waals surface area contributed by atoms with Crippen LogP contribution < -0.4 is 0 Å². The summed E-state index contributed by atoms with van der Waals surface area (Å²) in [6.07, 6.45) is 11.9. The van der Waals surface area contributed by atoms with Gasteiger partial charge in [0.15, 0.2) is 5.65 Å². The maximum absolute atomic E-state index is 11.0. The number of aromatic nitrogens is 3. The van der Waals surface area contributed by atoms with Crippen LogP contribution >= 0.6 is 0 Å². The van der Waals surface area contributed by atoms with Gasteiger partial charge < -0.3 is 5.11 Å². The summed E-state index contributed by atoms with van der Waals surface area (Å²) < 4.78 is 1.79. The molecule has 0 unspecified atom stereocenters. The van der Waals surface area contributed by atoms with Crippen LogP contribution in [0.3, 0.4) is 0 Å². The first-order valence-electron chi connectivity index (χ1n) is 10.3. The molecule has 5 rings (SSSR count). The highest BCUT2D eigenvalue weighted by molar-refractivity contribution is 5.63. The van der Waals surface area contributed by atoms with Gasteiger partial charge in [-0.05, 0) is 24.0 Å². The highest BCUT2D eigenvalue weighted by atomic mass is 16.3. The zero-order valence-corrected chi connectivity index (χ0v) is 16.7. The molecule has 1 aliphatic rings. The minimum Gasteiger partial charge on any atom is -0.493 e. The third-order valence-electron chi connectivity index (χ3n) is 5.45. The SMILES string of the molecule is Oc1c(Cc2ccccc2)nc2c(CC3=CCCC=C3)nc(-c3ccccc3)cn12. The van der Waals surface area contributed by atoms with Crippen LogP contribution in [0.4, 0.5) is 0 Å². The number of hydrogen-bond donors (Lipinski definition) is 1. The molecule has 148 valence electrons. The Kier molecular flexibility index (Phi) is 4.89. The van der Waals surface area contributed by atoms with E-state index in [1.165, 1.54) is 5.57 Å². The van der Waals surface area contributed by atoms with Crippen molar-refractivity contribution in [2.45, 2.75) is 25.7 Å². The lowest BCUT2D eigenvalue weighted by molar-refractivity contribution is 0.442. The molecule has 4 heteroatoms. The lowest BCUT2D eigenvalue weighted by atomic mass is 10.0. The molecule has 0 amide bonds. The number of allylic oxidation sites excluding steroid dienone is 4. The molecule has 30 heavy (non-hydrogen) atoms. The van der Waals surface area contributed by atoms with E-state index in [-0.39, 0.29) is 5.88 Å². The first-order valence-corrected chi connectivity index (χ1v) is 10.3. The van der Waals surface area contributed by atoms with Crippen molar-refractivity contribution in [3.63, 3.8) is 0 Å². The Morgan fingerprint density at radius 2 is 1.60 bits per heavy atom. The summed E-state index contributed by atoms with van der Waals surface area (Å²) in [5.74, 6) is 0.183. The van der Waals surface area contributed by atoms with Crippen molar-refractivity contribution >= 4 is 5.65 Å². The van der Waals surface area contributed by atoms with Crippen LogP contribution in [0.2, 0.25) is 0 Å². The van der Waals surface area contributed by atoms with Crippen LogP contribution in [0.1, 0.15) is 29.8 Å². The van der Waals surface area contributed by atoms with Gasteiger partial charge >= 0.3 is 0 Å². The van der Waals surface area contributed by atoms with Gasteiger partial charge in [0, 0.05) is 24.6 Å². The van der Waals surface area contributed by atoms with E-state index in [2.05, 4.69) is 30.4 Å². The number of imidazole rings is 1. The Labute approximate surface area is 175 Å². The number of benzene rings is 2. The molecule has 0 spiro atoms. The van der Waals surface area contributed by atoms with Gasteiger partial charge in [0.2, 0.25) is 5.88 Å². The molecule has 0 saturated carbocycles. The molecule has 4 nitrogen and oxygen atoms in total. The van der Waals surface area contributed by atoms with Crippen LogP contribution in [0.15, 0.2) is 90.7 Å². The van der Waals surface area contributed by atoms with Gasteiger partial charge in [0.1, 0.15) is 5.69 Å². The minimum absolute atomic E-state index is 0.183. The Balaban J connectivity index is 1.63. The number of aromatic hydroxyl groups is 1. The van der Waals surface area contributed by atoms with Crippen LogP contribution in [0.25, 0.3) is 16.9 Å². The molecule has 2 aromatic carbocycles. The second-order valence-electron chi connectivity index (χ2n) is 7.61. The lowest BCUT2D eigenvalue weighted by Crippen LogP contribution is -2.01. The highest BCUT2D eigenvalue weighted by Gasteiger charge is 2.18. The second kappa shape index (κ2) is 7.99. The number of hydrogen-bond acceptors (Lipinski definition) is 3. The van der Waals surface area contributed by atoms with Gasteiger partial charge in [0.25, 0.3) is 0 Å². The van der Waals surface area contributed by atoms with Crippen molar-refractivity contribution in [2.75, 3.05) is 0 Å². The number of fused-ring (bicyclic) bond motifs is 1. The van der Waals surface area contributed by atoms with Gasteiger partial charge in [-0.2, -0.15) is 0 Å². The average Bonchev–Trinajstić information content (AvgIpc) is 3.11. The zero-order valence-electron chi connectivity index (χ0n) is 16.7. The zero-order chi connectivity index (χ0) is 20.3. The standard InChI is InChI=1S/C26H23N3O/c30-26-23(17-20-12-6-2-7-13-20)28-25-22(16-19-10-4-1-5-11-19)27-24(18-29(25)26)21-14-8-3-9-15-21/h2-4,6-15,18,30H,1,5,16-17H2. The number of nitrogens with zero attached hydrogens (tertiary/aromatic N) is 3. The van der Waals surface area contributed by atoms with Crippen LogP contribution in [-0.2, 0) is 12.8 Å². The van der Waals surface area contributed by atoms with E-state index < -0.39 is 0 Å². The summed E-state index contributed by atoms with van der Waals surface area (Å²) >= 11 is 0. The quantitative estimate of drug-likeness (QED) is 0.486. The van der Waals surface area contributed by atoms with E-state index in [0.717, 1.165) is 41.0 Å². The third-order valence-corrected chi connectivity index (χ3v) is 5.45. The minimum atomic E-state index is 0.183. The van der Waals surface area contributed by atoms with Gasteiger partial charge in [-0.15, -0.1) is 0 Å². The van der Waals surface area contributed by atoms with E-state index in [1.807, 2.05) is 54.7 Å². The summed E-state index contributed by atoms with van der Waals surface area (Å²) in [6, 6.07) is 20.2. The first kappa shape index (κ1) is 18.4. The monoisotopic (exact) mass is 393 g/mol. The largest absolute Gasteiger partial charge is 0.493 e. The van der Waals surface area contributed by atoms with Gasteiger partial charge in [-0.3, -0.25) is 4.40 Å². The van der Waals surface area contributed by atoms with Crippen LogP contribution in [0.5, 0.6) is 5.88 Å². The fourth-order valence-electron chi connectivity index (χ4n) is 3.91. The molecule has 0 aliphatic heterocycles. The van der Waals surface area contributed by atoms with Gasteiger partial charge in [0.05, 0.1) is 11.4 Å². The first-order chi connectivity index (χ1) is 14.8. The molecular formula is C26H23N3O. The Bertz CT molecular complexity index is 1240. The summed E-state index contributed by atoms with van der Waals surface area (Å²) in [6.45, 7) is 0. The molecule has 1 aliphatic carbocycles. The predicted molar refractivity (Wildman–Crippen MR) is 119 cm³/mol. The molecule has 0 saturated heterocycles. The van der Waals surface area contributed by atoms with E-state index in [4.69, 9.17) is 9.97 Å². The summed E-state index contributed by atoms with van der Waals surface area (Å²) in [5, 5.41) is 11.0. The molecule has 2 heterocycles. The van der Waals surface area contributed by atoms with Crippen molar-refractivity contribution in [1.29, 1.82) is 0 Å². The molecule has 0 bridgehead atoms. The predicted octanol–water partition coefficient (Wildman–Crippen LogP) is 5.51. The van der Waals surface area contributed by atoms with Crippen LogP contribution in [0, 0.1) is 0 Å². The van der Waals surface area contributed by atoms with Crippen molar-refractivity contribution < 1.29 is 5.11 Å². The molecule has 4 aromatic rings. The molecule has 0 radical (unpaired) electrons. The van der Waals surface area contributed by atoms with Crippen molar-refractivity contribution in [3.8, 4) is 17.1 Å². The Hall–Kier alpha value is -3.66. The maximum Gasteiger partial charge on any atom is 0.219 e. The third kappa shape index (κ3) is 3.64. The average molecular weight is 393 g/mol. The Morgan fingerprint density at radius 1 is 0.833 bits per heavy atom. The highest BCUT2D eigenvalue weighted by Crippen LogP contribution is 2.28. The van der Waals surface area contributed by atoms with Crippen molar-refractivity contribution in [3.05, 3.63) is 108 Å². The van der Waals surface area contributed by atoms with Gasteiger partial charge in [-0.25, -0.2) is 9.97 Å². The van der Waals surface area contributed by atoms with E-state index in [1.54, 1.807) is 4.40 Å².